The molecule has 1 aromatic heterocycles. The lowest BCUT2D eigenvalue weighted by molar-refractivity contribution is -0.123. The zero-order valence-corrected chi connectivity index (χ0v) is 24.3. The second-order valence-electron chi connectivity index (χ2n) is 11.6. The van der Waals surface area contributed by atoms with Crippen molar-refractivity contribution in [2.75, 3.05) is 30.3 Å². The number of rotatable bonds is 6. The van der Waals surface area contributed by atoms with Crippen molar-refractivity contribution in [3.63, 3.8) is 0 Å². The maximum Gasteiger partial charge on any atom is 0.240 e. The molecule has 2 aliphatic rings. The highest BCUT2D eigenvalue weighted by Gasteiger charge is 2.40. The van der Waals surface area contributed by atoms with Gasteiger partial charge in [0.25, 0.3) is 0 Å². The first kappa shape index (κ1) is 27.5. The predicted octanol–water partition coefficient (Wildman–Crippen LogP) is 5.25. The van der Waals surface area contributed by atoms with Crippen LogP contribution in [0.1, 0.15) is 66.8 Å². The van der Waals surface area contributed by atoms with Gasteiger partial charge in [-0.2, -0.15) is 5.10 Å². The van der Waals surface area contributed by atoms with Crippen molar-refractivity contribution in [3.8, 4) is 5.69 Å². The minimum Gasteiger partial charge on any atom is -0.376 e. The van der Waals surface area contributed by atoms with Gasteiger partial charge in [-0.15, -0.1) is 11.8 Å². The normalized spacial score (nSPS) is 19.6. The summed E-state index contributed by atoms with van der Waals surface area (Å²) >= 11 is 1.61. The number of thioether (sulfide) groups is 1. The summed E-state index contributed by atoms with van der Waals surface area (Å²) in [5.41, 5.74) is 5.90. The lowest BCUT2D eigenvalue weighted by atomic mass is 9.87. The topological polar surface area (TPSA) is 76.5 Å². The first-order valence-corrected chi connectivity index (χ1v) is 14.7. The fraction of sp³-hybridized carbons (Fsp3) is 0.452. The highest BCUT2D eigenvalue weighted by atomic mass is 32.2. The Morgan fingerprint density at radius 3 is 2.54 bits per heavy atom. The number of aromatic nitrogens is 2. The van der Waals surface area contributed by atoms with E-state index >= 15 is 0 Å². The molecule has 1 saturated heterocycles. The summed E-state index contributed by atoms with van der Waals surface area (Å²) in [5.74, 6) is 0.652. The number of carbonyl (C=O) groups is 2. The molecule has 3 heterocycles. The Kier molecular flexibility index (Phi) is 7.87. The number of aryl methyl sites for hydroxylation is 2. The molecule has 2 amide bonds. The Morgan fingerprint density at radius 1 is 1.13 bits per heavy atom. The van der Waals surface area contributed by atoms with Crippen LogP contribution < -0.4 is 10.2 Å². The van der Waals surface area contributed by atoms with Gasteiger partial charge in [-0.3, -0.25) is 14.5 Å². The third kappa shape index (κ3) is 5.92. The predicted molar refractivity (Wildman–Crippen MR) is 157 cm³/mol. The van der Waals surface area contributed by atoms with E-state index in [9.17, 15) is 9.59 Å². The van der Waals surface area contributed by atoms with E-state index in [0.717, 1.165) is 47.5 Å². The molecule has 0 spiro atoms. The Morgan fingerprint density at radius 2 is 1.87 bits per heavy atom. The van der Waals surface area contributed by atoms with E-state index < -0.39 is 0 Å². The monoisotopic (exact) mass is 546 g/mol. The van der Waals surface area contributed by atoms with Crippen LogP contribution in [-0.4, -0.2) is 53.1 Å². The maximum absolute atomic E-state index is 13.8. The molecule has 3 aromatic rings. The van der Waals surface area contributed by atoms with Gasteiger partial charge in [0, 0.05) is 24.1 Å². The Balaban J connectivity index is 1.65. The van der Waals surface area contributed by atoms with Crippen molar-refractivity contribution < 1.29 is 14.3 Å². The summed E-state index contributed by atoms with van der Waals surface area (Å²) in [6.45, 7) is 11.7. The van der Waals surface area contributed by atoms with Gasteiger partial charge in [0.2, 0.25) is 11.8 Å². The Bertz CT molecular complexity index is 1370. The summed E-state index contributed by atoms with van der Waals surface area (Å²) < 4.78 is 7.56. The summed E-state index contributed by atoms with van der Waals surface area (Å²) in [7, 11) is 0. The molecule has 0 unspecified atom stereocenters. The Labute approximate surface area is 235 Å². The second-order valence-corrected chi connectivity index (χ2v) is 12.7. The molecule has 5 rings (SSSR count). The number of carbonyl (C=O) groups excluding carboxylic acids is 2. The van der Waals surface area contributed by atoms with E-state index in [2.05, 4.69) is 63.3 Å². The smallest absolute Gasteiger partial charge is 0.240 e. The van der Waals surface area contributed by atoms with Crippen LogP contribution in [-0.2, 0) is 19.7 Å². The molecule has 1 fully saturated rings. The third-order valence-electron chi connectivity index (χ3n) is 7.24. The van der Waals surface area contributed by atoms with Crippen molar-refractivity contribution in [3.05, 3.63) is 76.5 Å². The summed E-state index contributed by atoms with van der Waals surface area (Å²) in [4.78, 5) is 28.7. The van der Waals surface area contributed by atoms with Gasteiger partial charge in [0.05, 0.1) is 28.5 Å². The van der Waals surface area contributed by atoms with E-state index in [1.165, 1.54) is 5.56 Å². The van der Waals surface area contributed by atoms with Crippen LogP contribution in [0, 0.1) is 13.8 Å². The van der Waals surface area contributed by atoms with E-state index in [1.807, 2.05) is 29.8 Å². The van der Waals surface area contributed by atoms with Crippen molar-refractivity contribution in [2.24, 2.45) is 0 Å². The lowest BCUT2D eigenvalue weighted by Gasteiger charge is -2.25. The summed E-state index contributed by atoms with van der Waals surface area (Å²) in [6.07, 6.45) is 1.99. The third-order valence-corrected chi connectivity index (χ3v) is 8.50. The highest BCUT2D eigenvalue weighted by molar-refractivity contribution is 8.00. The summed E-state index contributed by atoms with van der Waals surface area (Å²) in [5, 5.41) is 8.08. The zero-order chi connectivity index (χ0) is 27.7. The fourth-order valence-corrected chi connectivity index (χ4v) is 6.53. The number of hydrogen-bond donors (Lipinski definition) is 1. The SMILES string of the molecule is Cc1cccc([C@@H]2SCC(=O)N(CC(=O)NC[C@H]3CCCO3)c3c2c(C(C)(C)C)nn3-c2cccc(C)c2)c1. The van der Waals surface area contributed by atoms with Gasteiger partial charge in [0.15, 0.2) is 0 Å². The molecule has 0 radical (unpaired) electrons. The molecule has 8 heteroatoms. The fourth-order valence-electron chi connectivity index (χ4n) is 5.34. The molecule has 2 aliphatic heterocycles. The molecule has 206 valence electrons. The number of nitrogens with one attached hydrogen (secondary N) is 1. The van der Waals surface area contributed by atoms with Crippen LogP contribution in [0.2, 0.25) is 0 Å². The van der Waals surface area contributed by atoms with Gasteiger partial charge < -0.3 is 10.1 Å². The highest BCUT2D eigenvalue weighted by Crippen LogP contribution is 2.48. The number of hydrogen-bond acceptors (Lipinski definition) is 5. The molecular formula is C31H38N4O3S. The van der Waals surface area contributed by atoms with Gasteiger partial charge in [-0.25, -0.2) is 4.68 Å². The number of anilines is 1. The van der Waals surface area contributed by atoms with Crippen molar-refractivity contribution in [1.29, 1.82) is 0 Å². The molecule has 2 atom stereocenters. The molecule has 1 N–H and O–H groups in total. The minimum absolute atomic E-state index is 0.0379. The maximum atomic E-state index is 13.8. The molecule has 39 heavy (non-hydrogen) atoms. The second kappa shape index (κ2) is 11.2. The van der Waals surface area contributed by atoms with Crippen LogP contribution in [0.15, 0.2) is 48.5 Å². The van der Waals surface area contributed by atoms with Gasteiger partial charge >= 0.3 is 0 Å². The molecule has 0 saturated carbocycles. The first-order valence-electron chi connectivity index (χ1n) is 13.7. The number of benzene rings is 2. The zero-order valence-electron chi connectivity index (χ0n) is 23.5. The number of fused-ring (bicyclic) bond motifs is 1. The molecule has 0 aliphatic carbocycles. The molecule has 0 bridgehead atoms. The van der Waals surface area contributed by atoms with Crippen molar-refractivity contribution in [1.82, 2.24) is 15.1 Å². The van der Waals surface area contributed by atoms with Gasteiger partial charge in [-0.05, 0) is 49.9 Å². The van der Waals surface area contributed by atoms with Crippen LogP contribution in [0.5, 0.6) is 0 Å². The number of nitrogens with zero attached hydrogens (tertiary/aromatic N) is 3. The molecule has 2 aromatic carbocycles. The standard InChI is InChI=1S/C31H38N4O3S/c1-20-9-6-11-22(15-20)28-27-29(31(3,4)5)33-35(23-12-7-10-21(2)16-23)30(27)34(26(37)19-39-28)18-25(36)32-17-24-13-8-14-38-24/h6-7,9-12,15-16,24,28H,8,13-14,17-19H2,1-5H3,(H,32,36)/t24-,28+/m1/s1. The average molecular weight is 547 g/mol. The van der Waals surface area contributed by atoms with E-state index in [0.29, 0.717) is 12.4 Å². The number of ether oxygens (including phenoxy) is 1. The van der Waals surface area contributed by atoms with Crippen LogP contribution >= 0.6 is 11.8 Å². The molecule has 7 nitrogen and oxygen atoms in total. The van der Waals surface area contributed by atoms with Crippen LogP contribution in [0.4, 0.5) is 5.82 Å². The first-order chi connectivity index (χ1) is 18.6. The number of amides is 2. The lowest BCUT2D eigenvalue weighted by Crippen LogP contribution is -2.44. The van der Waals surface area contributed by atoms with Gasteiger partial charge in [0.1, 0.15) is 12.4 Å². The summed E-state index contributed by atoms with van der Waals surface area (Å²) in [6, 6.07) is 16.6. The van der Waals surface area contributed by atoms with Crippen molar-refractivity contribution >= 4 is 29.4 Å². The molecular weight excluding hydrogens is 508 g/mol. The largest absolute Gasteiger partial charge is 0.376 e. The quantitative estimate of drug-likeness (QED) is 0.457. The minimum atomic E-state index is -0.289. The van der Waals surface area contributed by atoms with E-state index in [1.54, 1.807) is 16.7 Å². The van der Waals surface area contributed by atoms with Crippen LogP contribution in [0.3, 0.4) is 0 Å². The van der Waals surface area contributed by atoms with E-state index in [-0.39, 0.29) is 40.9 Å². The van der Waals surface area contributed by atoms with Gasteiger partial charge in [-0.1, -0.05) is 62.7 Å². The van der Waals surface area contributed by atoms with Crippen molar-refractivity contribution in [2.45, 2.75) is 64.2 Å². The average Bonchev–Trinajstić information content (AvgIpc) is 3.52. The van der Waals surface area contributed by atoms with E-state index in [4.69, 9.17) is 9.84 Å². The Hall–Kier alpha value is -3.10. The van der Waals surface area contributed by atoms with Crippen LogP contribution in [0.25, 0.3) is 5.69 Å².